The number of carbonyl (C=O) groups is 2. The smallest absolute Gasteiger partial charge is 0.410 e. The highest BCUT2D eigenvalue weighted by Gasteiger charge is 2.25. The van der Waals surface area contributed by atoms with Crippen LogP contribution in [0.4, 0.5) is 4.79 Å². The summed E-state index contributed by atoms with van der Waals surface area (Å²) in [7, 11) is 3.19. The zero-order valence-electron chi connectivity index (χ0n) is 14.3. The van der Waals surface area contributed by atoms with Crippen molar-refractivity contribution in [2.45, 2.75) is 44.5 Å². The summed E-state index contributed by atoms with van der Waals surface area (Å²) in [5.41, 5.74) is 0.898. The van der Waals surface area contributed by atoms with E-state index < -0.39 is 12.1 Å². The van der Waals surface area contributed by atoms with Crippen LogP contribution in [0.25, 0.3) is 0 Å². The summed E-state index contributed by atoms with van der Waals surface area (Å²) < 4.78 is 15.9. The van der Waals surface area contributed by atoms with Gasteiger partial charge in [-0.25, -0.2) is 4.79 Å². The third kappa shape index (κ3) is 5.85. The summed E-state index contributed by atoms with van der Waals surface area (Å²) in [5, 5.41) is 0. The lowest BCUT2D eigenvalue weighted by molar-refractivity contribution is -0.153. The summed E-state index contributed by atoms with van der Waals surface area (Å²) in [5.74, 6) is -0.420. The molecule has 1 aliphatic carbocycles. The molecule has 1 aromatic carbocycles. The van der Waals surface area contributed by atoms with Crippen molar-refractivity contribution >= 4 is 12.1 Å². The van der Waals surface area contributed by atoms with E-state index in [9.17, 15) is 9.59 Å². The number of ether oxygens (including phenoxy) is 3. The van der Waals surface area contributed by atoms with Gasteiger partial charge in [0.2, 0.25) is 0 Å². The maximum Gasteiger partial charge on any atom is 0.410 e. The van der Waals surface area contributed by atoms with Gasteiger partial charge in [0.05, 0.1) is 6.10 Å². The Hall–Kier alpha value is -2.08. The van der Waals surface area contributed by atoms with E-state index >= 15 is 0 Å². The van der Waals surface area contributed by atoms with Crippen molar-refractivity contribution in [3.63, 3.8) is 0 Å². The largest absolute Gasteiger partial charge is 0.461 e. The van der Waals surface area contributed by atoms with E-state index in [0.29, 0.717) is 6.42 Å². The van der Waals surface area contributed by atoms with Crippen LogP contribution in [0.15, 0.2) is 30.3 Å². The fourth-order valence-corrected chi connectivity index (χ4v) is 2.73. The number of benzene rings is 1. The first kappa shape index (κ1) is 18.3. The van der Waals surface area contributed by atoms with Crippen LogP contribution in [0.3, 0.4) is 0 Å². The Morgan fingerprint density at radius 2 is 1.88 bits per heavy atom. The Balaban J connectivity index is 1.71. The molecule has 1 saturated carbocycles. The Morgan fingerprint density at radius 3 is 2.58 bits per heavy atom. The number of nitrogens with zero attached hydrogens (tertiary/aromatic N) is 1. The molecule has 1 fully saturated rings. The molecule has 2 atom stereocenters. The Bertz CT molecular complexity index is 533. The van der Waals surface area contributed by atoms with Crippen LogP contribution in [-0.2, 0) is 25.6 Å². The molecule has 0 saturated heterocycles. The van der Waals surface area contributed by atoms with E-state index in [1.165, 1.54) is 11.9 Å². The van der Waals surface area contributed by atoms with E-state index in [1.54, 1.807) is 7.11 Å². The molecule has 6 nitrogen and oxygen atoms in total. The monoisotopic (exact) mass is 335 g/mol. The zero-order valence-corrected chi connectivity index (χ0v) is 14.3. The van der Waals surface area contributed by atoms with Gasteiger partial charge < -0.3 is 19.1 Å². The number of methoxy groups -OCH3 is 1. The summed E-state index contributed by atoms with van der Waals surface area (Å²) in [6, 6.07) is 9.39. The zero-order chi connectivity index (χ0) is 17.4. The fourth-order valence-electron chi connectivity index (χ4n) is 2.73. The van der Waals surface area contributed by atoms with E-state index in [0.717, 1.165) is 24.8 Å². The maximum atomic E-state index is 12.0. The minimum atomic E-state index is -0.547. The predicted octanol–water partition coefficient (Wildman–Crippen LogP) is 2.76. The second-order valence-corrected chi connectivity index (χ2v) is 6.03. The predicted molar refractivity (Wildman–Crippen MR) is 88.4 cm³/mol. The second-order valence-electron chi connectivity index (χ2n) is 6.03. The first-order valence-corrected chi connectivity index (χ1v) is 8.22. The first-order valence-electron chi connectivity index (χ1n) is 8.22. The lowest BCUT2D eigenvalue weighted by Gasteiger charge is -2.28. The Labute approximate surface area is 142 Å². The van der Waals surface area contributed by atoms with Gasteiger partial charge in [-0.05, 0) is 24.8 Å². The number of rotatable bonds is 6. The Kier molecular flexibility index (Phi) is 7.06. The molecule has 0 aromatic heterocycles. The quantitative estimate of drug-likeness (QED) is 0.748. The lowest BCUT2D eigenvalue weighted by atomic mass is 9.95. The average Bonchev–Trinajstić information content (AvgIpc) is 2.60. The molecular formula is C18H25NO5. The summed E-state index contributed by atoms with van der Waals surface area (Å²) in [6.45, 7) is 0.0545. The van der Waals surface area contributed by atoms with Crippen molar-refractivity contribution in [2.24, 2.45) is 0 Å². The van der Waals surface area contributed by atoms with Crippen LogP contribution < -0.4 is 0 Å². The van der Waals surface area contributed by atoms with Crippen LogP contribution in [0, 0.1) is 0 Å². The maximum absolute atomic E-state index is 12.0. The van der Waals surface area contributed by atoms with Crippen molar-refractivity contribution in [3.05, 3.63) is 35.9 Å². The molecule has 1 aliphatic rings. The van der Waals surface area contributed by atoms with Crippen LogP contribution in [0.5, 0.6) is 0 Å². The molecule has 0 radical (unpaired) electrons. The molecule has 0 aliphatic heterocycles. The van der Waals surface area contributed by atoms with E-state index in [-0.39, 0.29) is 25.4 Å². The molecular weight excluding hydrogens is 310 g/mol. The third-order valence-electron chi connectivity index (χ3n) is 4.09. The van der Waals surface area contributed by atoms with E-state index in [2.05, 4.69) is 0 Å². The number of amides is 1. The van der Waals surface area contributed by atoms with Gasteiger partial charge in [0.1, 0.15) is 19.3 Å². The SMILES string of the molecule is CO[C@H]1CCC[C@@H](OC(=O)CN(C)C(=O)OCc2ccccc2)C1. The molecule has 0 N–H and O–H groups in total. The number of hydrogen-bond donors (Lipinski definition) is 0. The van der Waals surface area contributed by atoms with Crippen LogP contribution in [-0.4, -0.2) is 49.9 Å². The summed E-state index contributed by atoms with van der Waals surface area (Å²) in [6.07, 6.45) is 2.99. The molecule has 6 heteroatoms. The average molecular weight is 335 g/mol. The molecule has 0 spiro atoms. The molecule has 24 heavy (non-hydrogen) atoms. The van der Waals surface area contributed by atoms with Gasteiger partial charge in [0.25, 0.3) is 0 Å². The highest BCUT2D eigenvalue weighted by atomic mass is 16.6. The second kappa shape index (κ2) is 9.27. The third-order valence-corrected chi connectivity index (χ3v) is 4.09. The van der Waals surface area contributed by atoms with Crippen molar-refractivity contribution < 1.29 is 23.8 Å². The Morgan fingerprint density at radius 1 is 1.17 bits per heavy atom. The van der Waals surface area contributed by atoms with Gasteiger partial charge in [-0.2, -0.15) is 0 Å². The van der Waals surface area contributed by atoms with Gasteiger partial charge in [0.15, 0.2) is 0 Å². The van der Waals surface area contributed by atoms with Crippen LogP contribution >= 0.6 is 0 Å². The highest BCUT2D eigenvalue weighted by Crippen LogP contribution is 2.23. The van der Waals surface area contributed by atoms with Gasteiger partial charge in [0, 0.05) is 20.6 Å². The first-order chi connectivity index (χ1) is 11.6. The van der Waals surface area contributed by atoms with E-state index in [1.807, 2.05) is 30.3 Å². The van der Waals surface area contributed by atoms with Gasteiger partial charge >= 0.3 is 12.1 Å². The van der Waals surface area contributed by atoms with Gasteiger partial charge in [-0.1, -0.05) is 30.3 Å². The number of esters is 1. The molecule has 132 valence electrons. The topological polar surface area (TPSA) is 65.1 Å². The van der Waals surface area contributed by atoms with Gasteiger partial charge in [-0.15, -0.1) is 0 Å². The molecule has 1 amide bonds. The number of likely N-dealkylation sites (N-methyl/N-ethyl adjacent to an activating group) is 1. The van der Waals surface area contributed by atoms with Crippen molar-refractivity contribution in [2.75, 3.05) is 20.7 Å². The van der Waals surface area contributed by atoms with E-state index in [4.69, 9.17) is 14.2 Å². The van der Waals surface area contributed by atoms with Crippen molar-refractivity contribution in [1.29, 1.82) is 0 Å². The molecule has 1 aromatic rings. The molecule has 0 unspecified atom stereocenters. The normalized spacial score (nSPS) is 20.2. The molecule has 2 rings (SSSR count). The number of carbonyl (C=O) groups excluding carboxylic acids is 2. The van der Waals surface area contributed by atoms with Crippen LogP contribution in [0.1, 0.15) is 31.2 Å². The minimum Gasteiger partial charge on any atom is -0.461 e. The summed E-state index contributed by atoms with van der Waals surface area (Å²) >= 11 is 0. The number of hydrogen-bond acceptors (Lipinski definition) is 5. The standard InChI is InChI=1S/C18H25NO5/c1-19(18(21)23-13-14-7-4-3-5-8-14)12-17(20)24-16-10-6-9-15(11-16)22-2/h3-5,7-8,15-16H,6,9-13H2,1-2H3/t15-,16+/m0/s1. The van der Waals surface area contributed by atoms with Crippen molar-refractivity contribution in [1.82, 2.24) is 4.90 Å². The molecule has 0 bridgehead atoms. The lowest BCUT2D eigenvalue weighted by Crippen LogP contribution is -2.36. The molecule has 0 heterocycles. The van der Waals surface area contributed by atoms with Crippen molar-refractivity contribution in [3.8, 4) is 0 Å². The minimum absolute atomic E-state index is 0.123. The summed E-state index contributed by atoms with van der Waals surface area (Å²) in [4.78, 5) is 25.1. The van der Waals surface area contributed by atoms with Gasteiger partial charge in [-0.3, -0.25) is 4.79 Å². The van der Waals surface area contributed by atoms with Crippen LogP contribution in [0.2, 0.25) is 0 Å². The highest BCUT2D eigenvalue weighted by molar-refractivity contribution is 5.77. The fraction of sp³-hybridized carbons (Fsp3) is 0.556.